The molecule has 0 heterocycles. The van der Waals surface area contributed by atoms with Gasteiger partial charge in [0.1, 0.15) is 7.56 Å². The van der Waals surface area contributed by atoms with Gasteiger partial charge in [-0.3, -0.25) is 0 Å². The molecule has 2 rings (SSSR count). The standard InChI is InChI=1S/C18H14Br8/c19-13(14(20)16(22)23)15(21)18(25,26)17(24,11-7-3-1-4-8-11)12-9-5-2-6-10-12/h1-10,13-16H. The highest BCUT2D eigenvalue weighted by molar-refractivity contribution is 9.27. The van der Waals surface area contributed by atoms with Gasteiger partial charge in [-0.25, -0.2) is 0 Å². The fraction of sp³-hybridized carbons (Fsp3) is 0.333. The van der Waals surface area contributed by atoms with Crippen molar-refractivity contribution < 1.29 is 0 Å². The van der Waals surface area contributed by atoms with Crippen molar-refractivity contribution in [1.29, 1.82) is 0 Å². The molecule has 0 saturated carbocycles. The summed E-state index contributed by atoms with van der Waals surface area (Å²) in [5, 5.41) is 0. The number of rotatable bonds is 7. The second-order valence-corrected chi connectivity index (χ2v) is 16.7. The zero-order valence-corrected chi connectivity index (χ0v) is 25.8. The highest BCUT2D eigenvalue weighted by Gasteiger charge is 2.55. The first kappa shape index (κ1) is 24.5. The Balaban J connectivity index is 2.58. The Morgan fingerprint density at radius 2 is 0.962 bits per heavy atom. The minimum atomic E-state index is -0.551. The second kappa shape index (κ2) is 10.5. The van der Waals surface area contributed by atoms with Crippen molar-refractivity contribution in [2.75, 3.05) is 0 Å². The van der Waals surface area contributed by atoms with E-state index in [9.17, 15) is 0 Å². The van der Waals surface area contributed by atoms with E-state index in [0.29, 0.717) is 0 Å². The lowest BCUT2D eigenvalue weighted by Crippen LogP contribution is -2.50. The van der Waals surface area contributed by atoms with Gasteiger partial charge in [0.2, 0.25) is 0 Å². The molecule has 2 aromatic carbocycles. The molecule has 26 heavy (non-hydrogen) atoms. The van der Waals surface area contributed by atoms with E-state index in [2.05, 4.69) is 176 Å². The molecule has 0 fully saturated rings. The highest BCUT2D eigenvalue weighted by Crippen LogP contribution is 2.60. The number of benzene rings is 2. The van der Waals surface area contributed by atoms with Crippen LogP contribution in [0.4, 0.5) is 0 Å². The van der Waals surface area contributed by atoms with Crippen molar-refractivity contribution in [3.63, 3.8) is 0 Å². The predicted molar refractivity (Wildman–Crippen MR) is 143 cm³/mol. The fourth-order valence-electron chi connectivity index (χ4n) is 2.58. The molecule has 0 saturated heterocycles. The van der Waals surface area contributed by atoms with Crippen LogP contribution in [-0.4, -0.2) is 21.5 Å². The summed E-state index contributed by atoms with van der Waals surface area (Å²) in [5.74, 6) is 0. The van der Waals surface area contributed by atoms with Crippen molar-refractivity contribution in [3.8, 4) is 0 Å². The fourth-order valence-corrected chi connectivity index (χ4v) is 9.42. The summed E-state index contributed by atoms with van der Waals surface area (Å²) in [6, 6.07) is 20.8. The first-order valence-electron chi connectivity index (χ1n) is 7.52. The molecule has 3 unspecified atom stereocenters. The lowest BCUT2D eigenvalue weighted by Gasteiger charge is -2.45. The van der Waals surface area contributed by atoms with Gasteiger partial charge in [-0.2, -0.15) is 0 Å². The molecule has 0 aromatic heterocycles. The first-order valence-corrected chi connectivity index (χ1v) is 14.5. The smallest absolute Gasteiger partial charge is 0.0865 e. The lowest BCUT2D eigenvalue weighted by atomic mass is 9.86. The third kappa shape index (κ3) is 5.12. The maximum Gasteiger partial charge on any atom is 0.117 e. The van der Waals surface area contributed by atoms with E-state index in [1.54, 1.807) is 0 Å². The molecule has 0 aliphatic heterocycles. The largest absolute Gasteiger partial charge is 0.117 e. The second-order valence-electron chi connectivity index (χ2n) is 5.64. The Bertz CT molecular complexity index is 649. The van der Waals surface area contributed by atoms with Gasteiger partial charge in [0.15, 0.2) is 0 Å². The minimum Gasteiger partial charge on any atom is -0.0865 e. The van der Waals surface area contributed by atoms with Gasteiger partial charge < -0.3 is 0 Å². The third-order valence-electron chi connectivity index (χ3n) is 3.97. The van der Waals surface area contributed by atoms with Gasteiger partial charge in [0.25, 0.3) is 0 Å². The summed E-state index contributed by atoms with van der Waals surface area (Å²) >= 11 is 30.8. The van der Waals surface area contributed by atoms with Crippen molar-refractivity contribution in [1.82, 2.24) is 0 Å². The van der Waals surface area contributed by atoms with E-state index in [-0.39, 0.29) is 18.2 Å². The van der Waals surface area contributed by atoms with Crippen molar-refractivity contribution in [2.45, 2.75) is 25.8 Å². The summed E-state index contributed by atoms with van der Waals surface area (Å²) in [6.07, 6.45) is 0. The molecule has 0 radical (unpaired) electrons. The van der Waals surface area contributed by atoms with E-state index in [4.69, 9.17) is 0 Å². The van der Waals surface area contributed by atoms with E-state index < -0.39 is 7.56 Å². The number of halogens is 8. The Labute approximate surface area is 222 Å². The molecule has 0 aliphatic rings. The number of hydrogen-bond acceptors (Lipinski definition) is 0. The minimum absolute atomic E-state index is 0.00300. The monoisotopic (exact) mass is 861 g/mol. The number of hydrogen-bond donors (Lipinski definition) is 0. The molecule has 2 aromatic rings. The van der Waals surface area contributed by atoms with E-state index in [0.717, 1.165) is 11.1 Å². The van der Waals surface area contributed by atoms with E-state index in [1.165, 1.54) is 0 Å². The van der Waals surface area contributed by atoms with E-state index in [1.807, 2.05) is 12.1 Å². The molecular weight excluding hydrogens is 855 g/mol. The normalized spacial score (nSPS) is 16.3. The van der Waals surface area contributed by atoms with Crippen LogP contribution in [0, 0.1) is 0 Å². The average molecular weight is 870 g/mol. The topological polar surface area (TPSA) is 0 Å². The molecular formula is C18H14Br8. The molecule has 0 N–H and O–H groups in total. The van der Waals surface area contributed by atoms with Gasteiger partial charge >= 0.3 is 0 Å². The maximum atomic E-state index is 4.10. The third-order valence-corrected chi connectivity index (χ3v) is 17.4. The van der Waals surface area contributed by atoms with Crippen LogP contribution < -0.4 is 0 Å². The molecule has 8 heteroatoms. The van der Waals surface area contributed by atoms with Crippen molar-refractivity contribution >= 4 is 127 Å². The Hall–Kier alpha value is 2.28. The molecule has 0 nitrogen and oxygen atoms in total. The van der Waals surface area contributed by atoms with Gasteiger partial charge in [-0.15, -0.1) is 0 Å². The van der Waals surface area contributed by atoms with Gasteiger partial charge in [0.05, 0.1) is 13.4 Å². The zero-order chi connectivity index (χ0) is 19.5. The maximum absolute atomic E-state index is 4.10. The number of alkyl halides is 8. The Kier molecular flexibility index (Phi) is 9.95. The molecule has 3 atom stereocenters. The molecule has 0 spiro atoms. The summed E-state index contributed by atoms with van der Waals surface area (Å²) < 4.78 is -0.956. The molecule has 0 bridgehead atoms. The zero-order valence-electron chi connectivity index (χ0n) is 13.1. The predicted octanol–water partition coefficient (Wildman–Crippen LogP) is 9.22. The summed E-state index contributed by atoms with van der Waals surface area (Å²) in [5.41, 5.74) is 2.29. The molecule has 142 valence electrons. The molecule has 0 aliphatic carbocycles. The van der Waals surface area contributed by atoms with E-state index >= 15 is 0 Å². The van der Waals surface area contributed by atoms with Crippen molar-refractivity contribution in [2.24, 2.45) is 0 Å². The average Bonchev–Trinajstić information content (AvgIpc) is 2.66. The van der Waals surface area contributed by atoms with Crippen LogP contribution in [0.3, 0.4) is 0 Å². The van der Waals surface area contributed by atoms with Crippen molar-refractivity contribution in [3.05, 3.63) is 71.8 Å². The van der Waals surface area contributed by atoms with Crippen LogP contribution in [0.5, 0.6) is 0 Å². The molecule has 0 amide bonds. The van der Waals surface area contributed by atoms with Crippen LogP contribution in [0.15, 0.2) is 60.7 Å². The van der Waals surface area contributed by atoms with Crippen LogP contribution in [0.1, 0.15) is 11.1 Å². The quantitative estimate of drug-likeness (QED) is 0.244. The van der Waals surface area contributed by atoms with Crippen LogP contribution in [-0.2, 0) is 4.32 Å². The summed E-state index contributed by atoms with van der Waals surface area (Å²) in [4.78, 5) is 0.232. The van der Waals surface area contributed by atoms with Gasteiger partial charge in [-0.05, 0) is 11.1 Å². The Morgan fingerprint density at radius 1 is 0.577 bits per heavy atom. The summed E-state index contributed by atoms with van der Waals surface area (Å²) in [7, 11) is 0. The van der Waals surface area contributed by atoms with Gasteiger partial charge in [-0.1, -0.05) is 188 Å². The van der Waals surface area contributed by atoms with Crippen LogP contribution in [0.25, 0.3) is 0 Å². The highest BCUT2D eigenvalue weighted by atomic mass is 79.9. The Morgan fingerprint density at radius 3 is 1.31 bits per heavy atom. The first-order chi connectivity index (χ1) is 12.1. The summed E-state index contributed by atoms with van der Waals surface area (Å²) in [6.45, 7) is 0. The lowest BCUT2D eigenvalue weighted by molar-refractivity contribution is 0.630. The van der Waals surface area contributed by atoms with Crippen LogP contribution >= 0.6 is 127 Å². The van der Waals surface area contributed by atoms with Crippen LogP contribution in [0.2, 0.25) is 0 Å². The SMILES string of the molecule is BrC(Br)C(Br)C(Br)C(Br)C(Br)(Br)C(Br)(c1ccccc1)c1ccccc1. The van der Waals surface area contributed by atoms with Gasteiger partial charge in [0, 0.05) is 4.83 Å².